The molecule has 49 heavy (non-hydrogen) atoms. The minimum Gasteiger partial charge on any atom is -0.875 e. The lowest BCUT2D eigenvalue weighted by Crippen LogP contribution is -2.59. The van der Waals surface area contributed by atoms with E-state index in [0.717, 1.165) is 62.7 Å². The summed E-state index contributed by atoms with van der Waals surface area (Å²) in [5.74, 6) is 0.828. The zero-order valence-corrected chi connectivity index (χ0v) is 28.3. The van der Waals surface area contributed by atoms with E-state index < -0.39 is 0 Å². The largest absolute Gasteiger partial charge is 0.875 e. The number of hydrogen-bond donors (Lipinski definition) is 0. The normalized spacial score (nSPS) is 34.3. The molecule has 0 aromatic heterocycles. The Morgan fingerprint density at radius 3 is 1.71 bits per heavy atom. The highest BCUT2D eigenvalue weighted by Crippen LogP contribution is 2.51. The molecule has 1 saturated heterocycles. The van der Waals surface area contributed by atoms with Gasteiger partial charge in [0.25, 0.3) is 11.8 Å². The van der Waals surface area contributed by atoms with Gasteiger partial charge in [-0.25, -0.2) is 0 Å². The van der Waals surface area contributed by atoms with Gasteiger partial charge < -0.3 is 14.9 Å². The number of benzene rings is 2. The molecular formula is C43H47N2O4-. The molecule has 2 aromatic rings. The maximum atomic E-state index is 14.2. The third-order valence-corrected chi connectivity index (χ3v) is 12.9. The van der Waals surface area contributed by atoms with E-state index in [-0.39, 0.29) is 58.4 Å². The third-order valence-electron chi connectivity index (χ3n) is 12.9. The van der Waals surface area contributed by atoms with Gasteiger partial charge in [-0.1, -0.05) is 99.2 Å². The van der Waals surface area contributed by atoms with Gasteiger partial charge >= 0.3 is 0 Å². The Balaban J connectivity index is 1.10. The summed E-state index contributed by atoms with van der Waals surface area (Å²) >= 11 is 0. The van der Waals surface area contributed by atoms with Crippen LogP contribution in [0.4, 0.5) is 11.4 Å². The number of ketones is 1. The minimum atomic E-state index is -0.240. The van der Waals surface area contributed by atoms with E-state index in [9.17, 15) is 19.5 Å². The molecule has 0 bridgehead atoms. The van der Waals surface area contributed by atoms with Crippen LogP contribution in [0.5, 0.6) is 0 Å². The monoisotopic (exact) mass is 655 g/mol. The highest BCUT2D eigenvalue weighted by molar-refractivity contribution is 6.27. The number of para-hydroxylation sites is 2. The van der Waals surface area contributed by atoms with E-state index in [0.29, 0.717) is 23.7 Å². The summed E-state index contributed by atoms with van der Waals surface area (Å²) in [5.41, 5.74) is 2.13. The Kier molecular flexibility index (Phi) is 8.90. The third kappa shape index (κ3) is 5.71. The number of rotatable bonds is 5. The average Bonchev–Trinajstić information content (AvgIpc) is 3.14. The molecule has 6 heteroatoms. The summed E-state index contributed by atoms with van der Waals surface area (Å²) in [4.78, 5) is 46.0. The minimum absolute atomic E-state index is 0.0247. The molecule has 2 aromatic carbocycles. The number of hydrogen-bond acceptors (Lipinski definition) is 4. The second-order valence-corrected chi connectivity index (χ2v) is 15.2. The number of piperidine rings is 1. The number of nitrogens with zero attached hydrogens (tertiary/aromatic N) is 2. The molecule has 4 saturated carbocycles. The fraction of sp³-hybridized carbons (Fsp3) is 0.465. The molecule has 5 fully saturated rings. The summed E-state index contributed by atoms with van der Waals surface area (Å²) in [6.45, 7) is 0. The van der Waals surface area contributed by atoms with E-state index in [4.69, 9.17) is 0 Å². The maximum Gasteiger partial charge on any atom is 0.262 e. The fourth-order valence-corrected chi connectivity index (χ4v) is 10.8. The molecule has 8 atom stereocenters. The van der Waals surface area contributed by atoms with Crippen LogP contribution in [0.15, 0.2) is 108 Å². The van der Waals surface area contributed by atoms with Crippen LogP contribution in [-0.2, 0) is 14.4 Å². The van der Waals surface area contributed by atoms with Gasteiger partial charge in [0.1, 0.15) is 0 Å². The van der Waals surface area contributed by atoms with Gasteiger partial charge in [-0.15, -0.1) is 5.76 Å². The van der Waals surface area contributed by atoms with Crippen LogP contribution in [0, 0.1) is 35.5 Å². The van der Waals surface area contributed by atoms with Crippen molar-refractivity contribution in [2.45, 2.75) is 89.1 Å². The zero-order valence-electron chi connectivity index (χ0n) is 28.3. The number of amides is 2. The molecule has 6 aliphatic rings. The Labute approximate surface area is 290 Å². The van der Waals surface area contributed by atoms with Crippen LogP contribution >= 0.6 is 0 Å². The van der Waals surface area contributed by atoms with Crippen molar-refractivity contribution in [2.24, 2.45) is 35.5 Å². The maximum absolute atomic E-state index is 14.2. The number of fused-ring (bicyclic) bond motifs is 6. The summed E-state index contributed by atoms with van der Waals surface area (Å²) < 4.78 is 0. The topological polar surface area (TPSA) is 80.7 Å². The Hall–Kier alpha value is -4.19. The molecule has 0 spiro atoms. The molecule has 8 rings (SSSR count). The summed E-state index contributed by atoms with van der Waals surface area (Å²) in [5, 5.41) is 14.2. The SMILES string of the molecule is O=C1/C(=C/C=C/C=C/C2=C([O-])C3C4CCCCC4CCC3N(c3ccccc3)C2=O)C(=O)N(c2ccccc2)C2CCC3CCCCC3C12. The van der Waals surface area contributed by atoms with E-state index in [2.05, 4.69) is 0 Å². The van der Waals surface area contributed by atoms with Crippen molar-refractivity contribution < 1.29 is 19.5 Å². The number of allylic oxidation sites excluding steroid dienone is 4. The summed E-state index contributed by atoms with van der Waals surface area (Å²) in [6, 6.07) is 19.3. The lowest BCUT2D eigenvalue weighted by Gasteiger charge is -2.54. The van der Waals surface area contributed by atoms with E-state index in [1.165, 1.54) is 25.7 Å². The van der Waals surface area contributed by atoms with E-state index in [1.54, 1.807) is 30.4 Å². The van der Waals surface area contributed by atoms with Crippen LogP contribution in [-0.4, -0.2) is 29.7 Å². The van der Waals surface area contributed by atoms with Gasteiger partial charge in [-0.05, 0) is 98.5 Å². The van der Waals surface area contributed by atoms with Gasteiger partial charge in [-0.2, -0.15) is 0 Å². The van der Waals surface area contributed by atoms with Crippen molar-refractivity contribution in [1.29, 1.82) is 0 Å². The highest BCUT2D eigenvalue weighted by atomic mass is 16.3. The predicted molar refractivity (Wildman–Crippen MR) is 190 cm³/mol. The molecule has 6 nitrogen and oxygen atoms in total. The van der Waals surface area contributed by atoms with E-state index in [1.807, 2.05) is 70.5 Å². The van der Waals surface area contributed by atoms with Gasteiger partial charge in [0, 0.05) is 34.9 Å². The predicted octanol–water partition coefficient (Wildman–Crippen LogP) is 7.47. The number of carbonyl (C=O) groups is 3. The zero-order chi connectivity index (χ0) is 33.5. The molecule has 8 unspecified atom stereocenters. The molecular weight excluding hydrogens is 608 g/mol. The Morgan fingerprint density at radius 2 is 1.10 bits per heavy atom. The second-order valence-electron chi connectivity index (χ2n) is 15.2. The molecule has 2 aliphatic heterocycles. The van der Waals surface area contributed by atoms with Crippen LogP contribution in [0.25, 0.3) is 0 Å². The quantitative estimate of drug-likeness (QED) is 0.190. The van der Waals surface area contributed by atoms with Crippen LogP contribution < -0.4 is 14.9 Å². The van der Waals surface area contributed by atoms with Gasteiger partial charge in [0.2, 0.25) is 0 Å². The first-order chi connectivity index (χ1) is 24.0. The van der Waals surface area contributed by atoms with Crippen molar-refractivity contribution in [1.82, 2.24) is 0 Å². The summed E-state index contributed by atoms with van der Waals surface area (Å²) in [6.07, 6.45) is 21.5. The first kappa shape index (κ1) is 32.0. The van der Waals surface area contributed by atoms with Gasteiger partial charge in [-0.3, -0.25) is 14.4 Å². The Bertz CT molecular complexity index is 1710. The van der Waals surface area contributed by atoms with Crippen LogP contribution in [0.1, 0.15) is 77.0 Å². The highest BCUT2D eigenvalue weighted by Gasteiger charge is 2.52. The molecule has 0 radical (unpaired) electrons. The second kappa shape index (κ2) is 13.6. The lowest BCUT2D eigenvalue weighted by atomic mass is 9.60. The number of Topliss-reactive ketones (excluding diaryl/α,β-unsaturated/α-hetero) is 1. The van der Waals surface area contributed by atoms with Crippen LogP contribution in [0.3, 0.4) is 0 Å². The van der Waals surface area contributed by atoms with Crippen molar-refractivity contribution in [2.75, 3.05) is 9.80 Å². The fourth-order valence-electron chi connectivity index (χ4n) is 10.8. The smallest absolute Gasteiger partial charge is 0.262 e. The first-order valence-corrected chi connectivity index (χ1v) is 18.8. The number of anilines is 2. The molecule has 2 heterocycles. The van der Waals surface area contributed by atoms with Crippen LogP contribution in [0.2, 0.25) is 0 Å². The van der Waals surface area contributed by atoms with Crippen molar-refractivity contribution in [3.63, 3.8) is 0 Å². The van der Waals surface area contributed by atoms with Gasteiger partial charge in [0.05, 0.1) is 5.57 Å². The van der Waals surface area contributed by atoms with Gasteiger partial charge in [0.15, 0.2) is 5.78 Å². The first-order valence-electron chi connectivity index (χ1n) is 18.8. The lowest BCUT2D eigenvalue weighted by molar-refractivity contribution is -0.323. The van der Waals surface area contributed by atoms with Crippen molar-refractivity contribution >= 4 is 29.0 Å². The van der Waals surface area contributed by atoms with E-state index >= 15 is 0 Å². The van der Waals surface area contributed by atoms with Crippen molar-refractivity contribution in [3.05, 3.63) is 108 Å². The molecule has 4 aliphatic carbocycles. The standard InChI is InChI=1S/C43H48N2O4/c46-40-34(42(48)44(30-16-4-1-5-17-30)36-26-24-28-14-10-12-20-32(28)38(36)40)22-8-3-9-23-35-41(47)39-33-21-13-11-15-29(33)25-27-37(39)45(43(35)49)31-18-6-2-7-19-31/h1-9,16-19,22-23,28-29,32-33,36-39,46H,10-15,20-21,24-27H2/p-1/b9-3+,22-8+,35-23-. The Morgan fingerprint density at radius 1 is 0.571 bits per heavy atom. The molecule has 0 N–H and O–H groups in total. The van der Waals surface area contributed by atoms with Crippen molar-refractivity contribution in [3.8, 4) is 0 Å². The number of carbonyl (C=O) groups excluding carboxylic acids is 3. The average molecular weight is 656 g/mol. The molecule has 2 amide bonds. The molecule has 254 valence electrons. The summed E-state index contributed by atoms with van der Waals surface area (Å²) in [7, 11) is 0.